The molecule has 0 aromatic heterocycles. The van der Waals surface area contributed by atoms with E-state index >= 15 is 0 Å². The van der Waals surface area contributed by atoms with Crippen LogP contribution in [0.1, 0.15) is 36.8 Å². The van der Waals surface area contributed by atoms with Crippen molar-refractivity contribution in [1.82, 2.24) is 0 Å². The van der Waals surface area contributed by atoms with Crippen molar-refractivity contribution in [2.45, 2.75) is 25.7 Å². The van der Waals surface area contributed by atoms with Gasteiger partial charge >= 0.3 is 125 Å². The van der Waals surface area contributed by atoms with Crippen molar-refractivity contribution in [3.8, 4) is 0 Å². The summed E-state index contributed by atoms with van der Waals surface area (Å²) in [6.45, 7) is 4.64. The monoisotopic (exact) mass is 312 g/mol. The van der Waals surface area contributed by atoms with E-state index in [1.165, 1.54) is 11.1 Å². The SMILES string of the molecule is CC([C](=[Zr+2])C(C)c1ccccc1)c1ccccc1. The quantitative estimate of drug-likeness (QED) is 0.789. The Bertz CT molecular complexity index is 454. The number of rotatable bonds is 4. The first-order valence-corrected chi connectivity index (χ1v) is 7.61. The number of hydrogen-bond donors (Lipinski definition) is 0. The number of hydrogen-bond acceptors (Lipinski definition) is 0. The van der Waals surface area contributed by atoms with Gasteiger partial charge in [0, 0.05) is 0 Å². The first-order chi connectivity index (χ1) is 8.70. The Labute approximate surface area is 124 Å². The summed E-state index contributed by atoms with van der Waals surface area (Å²) in [4.78, 5) is 0. The van der Waals surface area contributed by atoms with Gasteiger partial charge < -0.3 is 0 Å². The molecule has 2 atom stereocenters. The molecular weight excluding hydrogens is 295 g/mol. The zero-order chi connectivity index (χ0) is 13.0. The summed E-state index contributed by atoms with van der Waals surface area (Å²) in [5, 5.41) is 0. The second-order valence-corrected chi connectivity index (χ2v) is 6.14. The van der Waals surface area contributed by atoms with E-state index in [2.05, 4.69) is 74.5 Å². The predicted octanol–water partition coefficient (Wildman–Crippen LogP) is 4.31. The molecule has 88 valence electrons. The van der Waals surface area contributed by atoms with Crippen molar-refractivity contribution in [1.29, 1.82) is 0 Å². The molecule has 0 heterocycles. The predicted molar refractivity (Wildman–Crippen MR) is 74.7 cm³/mol. The third-order valence-corrected chi connectivity index (χ3v) is 5.66. The van der Waals surface area contributed by atoms with Crippen LogP contribution in [0.25, 0.3) is 0 Å². The molecule has 2 aromatic rings. The van der Waals surface area contributed by atoms with E-state index in [0.29, 0.717) is 11.8 Å². The average Bonchev–Trinajstić information content (AvgIpc) is 2.47. The van der Waals surface area contributed by atoms with Crippen LogP contribution in [0.2, 0.25) is 0 Å². The van der Waals surface area contributed by atoms with Crippen molar-refractivity contribution in [2.24, 2.45) is 0 Å². The molecule has 0 aliphatic heterocycles. The summed E-state index contributed by atoms with van der Waals surface area (Å²) in [5.41, 5.74) is 2.85. The standard InChI is InChI=1S/C17H18.Zr/c1-14(16-9-5-3-6-10-16)13-15(2)17-11-7-4-8-12-17;/h3-12,14-15H,1-2H3;/q;+2. The van der Waals surface area contributed by atoms with Gasteiger partial charge in [0.15, 0.2) is 0 Å². The Morgan fingerprint density at radius 1 is 0.722 bits per heavy atom. The Morgan fingerprint density at radius 2 is 1.06 bits per heavy atom. The van der Waals surface area contributed by atoms with Crippen molar-refractivity contribution in [2.75, 3.05) is 0 Å². The second-order valence-electron chi connectivity index (χ2n) is 4.72. The average molecular weight is 314 g/mol. The van der Waals surface area contributed by atoms with E-state index in [-0.39, 0.29) is 0 Å². The molecule has 0 radical (unpaired) electrons. The van der Waals surface area contributed by atoms with Crippen LogP contribution < -0.4 is 0 Å². The molecule has 0 aliphatic rings. The van der Waals surface area contributed by atoms with Crippen molar-refractivity contribution in [3.63, 3.8) is 0 Å². The maximum absolute atomic E-state index is 2.32. The topological polar surface area (TPSA) is 0 Å². The zero-order valence-corrected chi connectivity index (χ0v) is 13.4. The number of benzene rings is 2. The van der Waals surface area contributed by atoms with Gasteiger partial charge in [0.25, 0.3) is 0 Å². The van der Waals surface area contributed by atoms with Gasteiger partial charge in [-0.15, -0.1) is 0 Å². The fourth-order valence-electron chi connectivity index (χ4n) is 2.22. The first-order valence-electron chi connectivity index (χ1n) is 6.38. The van der Waals surface area contributed by atoms with E-state index < -0.39 is 0 Å². The van der Waals surface area contributed by atoms with Crippen LogP contribution in [0.3, 0.4) is 0 Å². The molecule has 18 heavy (non-hydrogen) atoms. The summed E-state index contributed by atoms with van der Waals surface area (Å²) in [6.07, 6.45) is 0. The molecular formula is C17H18Zr+2. The molecule has 2 unspecified atom stereocenters. The van der Waals surface area contributed by atoms with Crippen LogP contribution >= 0.6 is 0 Å². The summed E-state index contributed by atoms with van der Waals surface area (Å²) in [6, 6.07) is 21.6. The Balaban J connectivity index is 2.17. The van der Waals surface area contributed by atoms with Gasteiger partial charge in [-0.05, 0) is 0 Å². The molecule has 0 bridgehead atoms. The van der Waals surface area contributed by atoms with Crippen LogP contribution in [0, 0.1) is 0 Å². The molecule has 1 heteroatoms. The summed E-state index contributed by atoms with van der Waals surface area (Å²) in [7, 11) is 0. The van der Waals surface area contributed by atoms with Gasteiger partial charge in [0.1, 0.15) is 0 Å². The maximum atomic E-state index is 2.32. The molecule has 0 saturated carbocycles. The normalized spacial score (nSPS) is 14.0. The molecule has 2 aromatic carbocycles. The van der Waals surface area contributed by atoms with E-state index in [4.69, 9.17) is 0 Å². The molecule has 0 saturated heterocycles. The summed E-state index contributed by atoms with van der Waals surface area (Å²) < 4.78 is 1.61. The van der Waals surface area contributed by atoms with Gasteiger partial charge in [-0.2, -0.15) is 0 Å². The van der Waals surface area contributed by atoms with Crippen LogP contribution in [0.4, 0.5) is 0 Å². The Morgan fingerprint density at radius 3 is 1.39 bits per heavy atom. The van der Waals surface area contributed by atoms with Crippen LogP contribution in [0.5, 0.6) is 0 Å². The third-order valence-electron chi connectivity index (χ3n) is 3.53. The summed E-state index contributed by atoms with van der Waals surface area (Å²) in [5.74, 6) is 1.08. The second kappa shape index (κ2) is 6.39. The molecule has 2 rings (SSSR count). The molecule has 0 amide bonds. The molecule has 0 aliphatic carbocycles. The summed E-state index contributed by atoms with van der Waals surface area (Å²) >= 11 is 1.54. The van der Waals surface area contributed by atoms with E-state index in [1.807, 2.05) is 0 Å². The van der Waals surface area contributed by atoms with Crippen molar-refractivity contribution >= 4 is 3.21 Å². The van der Waals surface area contributed by atoms with E-state index in [1.54, 1.807) is 27.4 Å². The van der Waals surface area contributed by atoms with E-state index in [9.17, 15) is 0 Å². The van der Waals surface area contributed by atoms with Gasteiger partial charge in [-0.3, -0.25) is 0 Å². The third kappa shape index (κ3) is 3.15. The van der Waals surface area contributed by atoms with Crippen LogP contribution in [-0.4, -0.2) is 3.21 Å². The van der Waals surface area contributed by atoms with Crippen LogP contribution in [-0.2, 0) is 24.2 Å². The minimum atomic E-state index is 0.541. The first kappa shape index (κ1) is 13.6. The minimum absolute atomic E-state index is 0.541. The van der Waals surface area contributed by atoms with Gasteiger partial charge in [0.05, 0.1) is 0 Å². The molecule has 0 spiro atoms. The zero-order valence-electron chi connectivity index (χ0n) is 10.9. The van der Waals surface area contributed by atoms with Crippen molar-refractivity contribution in [3.05, 3.63) is 71.8 Å². The fraction of sp³-hybridized carbons (Fsp3) is 0.235. The Hall–Kier alpha value is -0.807. The van der Waals surface area contributed by atoms with Crippen molar-refractivity contribution < 1.29 is 24.2 Å². The fourth-order valence-corrected chi connectivity index (χ4v) is 3.04. The van der Waals surface area contributed by atoms with Gasteiger partial charge in [0.2, 0.25) is 0 Å². The molecule has 0 fully saturated rings. The van der Waals surface area contributed by atoms with Gasteiger partial charge in [-0.1, -0.05) is 0 Å². The van der Waals surface area contributed by atoms with Crippen LogP contribution in [0.15, 0.2) is 60.7 Å². The molecule has 0 nitrogen and oxygen atoms in total. The van der Waals surface area contributed by atoms with E-state index in [0.717, 1.165) is 0 Å². The molecule has 0 N–H and O–H groups in total. The van der Waals surface area contributed by atoms with Gasteiger partial charge in [-0.25, -0.2) is 0 Å². The Kier molecular flexibility index (Phi) is 4.83.